The lowest BCUT2D eigenvalue weighted by Gasteiger charge is -2.11. The summed E-state index contributed by atoms with van der Waals surface area (Å²) < 4.78 is 5.62. The van der Waals surface area contributed by atoms with Crippen LogP contribution in [0.3, 0.4) is 0 Å². The fraction of sp³-hybridized carbons (Fsp3) is 0.0455. The van der Waals surface area contributed by atoms with Crippen molar-refractivity contribution in [1.29, 1.82) is 0 Å². The lowest BCUT2D eigenvalue weighted by atomic mass is 10.1. The maximum Gasteiger partial charge on any atom is 0.343 e. The van der Waals surface area contributed by atoms with Gasteiger partial charge in [0.25, 0.3) is 17.0 Å². The second-order valence-electron chi connectivity index (χ2n) is 6.64. The molecule has 9 heteroatoms. The lowest BCUT2D eigenvalue weighted by Crippen LogP contribution is -2.33. The van der Waals surface area contributed by atoms with Crippen molar-refractivity contribution in [3.63, 3.8) is 0 Å². The van der Waals surface area contributed by atoms with Crippen LogP contribution in [0.25, 0.3) is 22.2 Å². The van der Waals surface area contributed by atoms with Crippen LogP contribution in [0.2, 0.25) is 0 Å². The molecule has 3 aromatic carbocycles. The number of nitrogens with zero attached hydrogens (tertiary/aromatic N) is 3. The highest BCUT2D eigenvalue weighted by Crippen LogP contribution is 2.27. The summed E-state index contributed by atoms with van der Waals surface area (Å²) in [6, 6.07) is 20.0. The average Bonchev–Trinajstić information content (AvgIpc) is 3.37. The third-order valence-electron chi connectivity index (χ3n) is 4.67. The Labute approximate surface area is 179 Å². The van der Waals surface area contributed by atoms with Crippen LogP contribution in [0, 0.1) is 0 Å². The zero-order chi connectivity index (χ0) is 21.4. The molecule has 0 unspecified atom stereocenters. The summed E-state index contributed by atoms with van der Waals surface area (Å²) in [4.78, 5) is 41.6. The van der Waals surface area contributed by atoms with E-state index >= 15 is 0 Å². The topological polar surface area (TPSA) is 103 Å². The van der Waals surface area contributed by atoms with Gasteiger partial charge in [-0.3, -0.25) is 9.59 Å². The summed E-state index contributed by atoms with van der Waals surface area (Å²) in [5.41, 5.74) is 1.15. The predicted molar refractivity (Wildman–Crippen MR) is 111 cm³/mol. The van der Waals surface area contributed by atoms with Crippen LogP contribution in [-0.4, -0.2) is 38.8 Å². The Kier molecular flexibility index (Phi) is 4.72. The second-order valence-corrected chi connectivity index (χ2v) is 7.56. The second kappa shape index (κ2) is 7.69. The van der Waals surface area contributed by atoms with Crippen molar-refractivity contribution in [2.75, 3.05) is 5.75 Å². The first kappa shape index (κ1) is 19.0. The van der Waals surface area contributed by atoms with E-state index in [9.17, 15) is 14.4 Å². The van der Waals surface area contributed by atoms with E-state index in [1.165, 1.54) is 12.1 Å². The fourth-order valence-electron chi connectivity index (χ4n) is 3.21. The number of thioether (sulfide) groups is 1. The summed E-state index contributed by atoms with van der Waals surface area (Å²) in [7, 11) is 0. The minimum absolute atomic E-state index is 0.169. The molecule has 0 aliphatic carbocycles. The molecule has 0 saturated heterocycles. The molecule has 1 aliphatic rings. The maximum atomic E-state index is 12.3. The highest BCUT2D eigenvalue weighted by molar-refractivity contribution is 7.99. The van der Waals surface area contributed by atoms with E-state index in [0.29, 0.717) is 11.0 Å². The van der Waals surface area contributed by atoms with Gasteiger partial charge in [-0.1, -0.05) is 59.3 Å². The largest absolute Gasteiger partial charge is 0.411 e. The van der Waals surface area contributed by atoms with Crippen molar-refractivity contribution in [2.24, 2.45) is 0 Å². The van der Waals surface area contributed by atoms with Gasteiger partial charge in [-0.05, 0) is 35.0 Å². The van der Waals surface area contributed by atoms with Gasteiger partial charge in [-0.2, -0.15) is 0 Å². The Morgan fingerprint density at radius 2 is 1.58 bits per heavy atom. The molecule has 4 aromatic rings. The van der Waals surface area contributed by atoms with Crippen molar-refractivity contribution < 1.29 is 23.6 Å². The van der Waals surface area contributed by atoms with Gasteiger partial charge < -0.3 is 9.25 Å². The smallest absolute Gasteiger partial charge is 0.343 e. The van der Waals surface area contributed by atoms with E-state index in [4.69, 9.17) is 9.25 Å². The van der Waals surface area contributed by atoms with E-state index in [0.717, 1.165) is 28.1 Å². The van der Waals surface area contributed by atoms with Crippen molar-refractivity contribution >= 4 is 40.3 Å². The quantitative estimate of drug-likeness (QED) is 0.348. The van der Waals surface area contributed by atoms with Crippen molar-refractivity contribution in [3.05, 3.63) is 77.9 Å². The summed E-state index contributed by atoms with van der Waals surface area (Å²) in [5.74, 6) is -2.02. The average molecular weight is 431 g/mol. The fourth-order valence-corrected chi connectivity index (χ4v) is 3.74. The molecule has 0 spiro atoms. The number of aromatic nitrogens is 2. The van der Waals surface area contributed by atoms with Crippen LogP contribution in [0.5, 0.6) is 0 Å². The Morgan fingerprint density at radius 3 is 2.32 bits per heavy atom. The Bertz CT molecular complexity index is 1310. The number of hydrogen-bond donors (Lipinski definition) is 0. The monoisotopic (exact) mass is 431 g/mol. The van der Waals surface area contributed by atoms with Gasteiger partial charge in [0.05, 0.1) is 11.1 Å². The number of carbonyl (C=O) groups is 3. The first-order chi connectivity index (χ1) is 15.1. The van der Waals surface area contributed by atoms with Crippen LogP contribution < -0.4 is 0 Å². The number of carbonyl (C=O) groups excluding carboxylic acids is 3. The van der Waals surface area contributed by atoms with Crippen LogP contribution in [-0.2, 0) is 9.63 Å². The number of rotatable bonds is 5. The molecule has 0 N–H and O–H groups in total. The van der Waals surface area contributed by atoms with Crippen LogP contribution in [0.1, 0.15) is 20.7 Å². The Hall–Kier alpha value is -3.98. The Morgan fingerprint density at radius 1 is 0.903 bits per heavy atom. The summed E-state index contributed by atoms with van der Waals surface area (Å²) in [6.45, 7) is 0. The van der Waals surface area contributed by atoms with Gasteiger partial charge in [0, 0.05) is 5.56 Å². The van der Waals surface area contributed by atoms with Crippen molar-refractivity contribution in [3.8, 4) is 11.5 Å². The SMILES string of the molecule is O=C(CSc1nnc(-c2ccc3ccccc3c2)o1)ON1C(=O)c2ccccc2C1=O. The zero-order valence-corrected chi connectivity index (χ0v) is 16.7. The van der Waals surface area contributed by atoms with Crippen molar-refractivity contribution in [1.82, 2.24) is 15.3 Å². The summed E-state index contributed by atoms with van der Waals surface area (Å²) >= 11 is 0.953. The van der Waals surface area contributed by atoms with Gasteiger partial charge in [-0.15, -0.1) is 10.2 Å². The molecule has 0 bridgehead atoms. The first-order valence-electron chi connectivity index (χ1n) is 9.24. The number of fused-ring (bicyclic) bond motifs is 2. The van der Waals surface area contributed by atoms with E-state index in [1.807, 2.05) is 42.5 Å². The zero-order valence-electron chi connectivity index (χ0n) is 15.8. The molecule has 0 radical (unpaired) electrons. The molecule has 152 valence electrons. The molecule has 2 amide bonds. The van der Waals surface area contributed by atoms with Crippen LogP contribution >= 0.6 is 11.8 Å². The van der Waals surface area contributed by atoms with Gasteiger partial charge >= 0.3 is 5.97 Å². The minimum atomic E-state index is -0.787. The lowest BCUT2D eigenvalue weighted by molar-refractivity contribution is -0.165. The molecule has 0 saturated carbocycles. The summed E-state index contributed by atoms with van der Waals surface area (Å²) in [5, 5.41) is 10.7. The van der Waals surface area contributed by atoms with Gasteiger partial charge in [-0.25, -0.2) is 4.79 Å². The molecule has 0 fully saturated rings. The third kappa shape index (κ3) is 3.55. The molecule has 8 nitrogen and oxygen atoms in total. The van der Waals surface area contributed by atoms with E-state index in [2.05, 4.69) is 10.2 Å². The highest BCUT2D eigenvalue weighted by atomic mass is 32.2. The Balaban J connectivity index is 1.23. The number of benzene rings is 3. The molecule has 1 aromatic heterocycles. The minimum Gasteiger partial charge on any atom is -0.411 e. The number of hydroxylamine groups is 2. The van der Waals surface area contributed by atoms with Gasteiger partial charge in [0.15, 0.2) is 0 Å². The normalized spacial score (nSPS) is 13.0. The molecule has 2 heterocycles. The molecule has 5 rings (SSSR count). The first-order valence-corrected chi connectivity index (χ1v) is 10.2. The standard InChI is InChI=1S/C22H13N3O5S/c26-18(30-25-20(27)16-7-3-4-8-17(16)21(25)28)12-31-22-24-23-19(29-22)15-10-9-13-5-1-2-6-14(13)11-15/h1-11H,12H2. The number of hydrogen-bond acceptors (Lipinski definition) is 8. The predicted octanol–water partition coefficient (Wildman–Crippen LogP) is 3.74. The van der Waals surface area contributed by atoms with Crippen molar-refractivity contribution in [2.45, 2.75) is 5.22 Å². The van der Waals surface area contributed by atoms with E-state index in [-0.39, 0.29) is 22.1 Å². The van der Waals surface area contributed by atoms with Gasteiger partial charge in [0.2, 0.25) is 5.89 Å². The third-order valence-corrected chi connectivity index (χ3v) is 5.46. The van der Waals surface area contributed by atoms with Gasteiger partial charge in [0.1, 0.15) is 5.75 Å². The number of imide groups is 1. The van der Waals surface area contributed by atoms with Crippen LogP contribution in [0.15, 0.2) is 76.4 Å². The van der Waals surface area contributed by atoms with E-state index in [1.54, 1.807) is 12.1 Å². The maximum absolute atomic E-state index is 12.3. The molecular formula is C22H13N3O5S. The molecule has 1 aliphatic heterocycles. The van der Waals surface area contributed by atoms with Crippen LogP contribution in [0.4, 0.5) is 0 Å². The van der Waals surface area contributed by atoms with E-state index < -0.39 is 17.8 Å². The molecular weight excluding hydrogens is 418 g/mol. The molecule has 0 atom stereocenters. The summed E-state index contributed by atoms with van der Waals surface area (Å²) in [6.07, 6.45) is 0. The number of amides is 2. The highest BCUT2D eigenvalue weighted by Gasteiger charge is 2.38. The molecule has 31 heavy (non-hydrogen) atoms.